The molecule has 5 aromatic rings. The Morgan fingerprint density at radius 1 is 1.00 bits per heavy atom. The number of carbonyl (C=O) groups is 1. The number of fused-ring (bicyclic) bond motifs is 2. The van der Waals surface area contributed by atoms with E-state index in [4.69, 9.17) is 4.98 Å². The van der Waals surface area contributed by atoms with Crippen molar-refractivity contribution in [1.82, 2.24) is 24.8 Å². The van der Waals surface area contributed by atoms with Crippen molar-refractivity contribution in [3.8, 4) is 22.3 Å². The monoisotopic (exact) mass is 463 g/mol. The van der Waals surface area contributed by atoms with E-state index in [1.165, 1.54) is 16.5 Å². The lowest BCUT2D eigenvalue weighted by Gasteiger charge is -2.39. The quantitative estimate of drug-likeness (QED) is 0.373. The number of carbonyl (C=O) groups excluding carboxylic acids is 1. The van der Waals surface area contributed by atoms with Gasteiger partial charge in [0.25, 0.3) is 0 Å². The fourth-order valence-electron chi connectivity index (χ4n) is 5.33. The van der Waals surface area contributed by atoms with Crippen LogP contribution in [0.2, 0.25) is 0 Å². The largest absolute Gasteiger partial charge is 0.361 e. The predicted molar refractivity (Wildman–Crippen MR) is 141 cm³/mol. The Kier molecular flexibility index (Phi) is 5.38. The van der Waals surface area contributed by atoms with E-state index < -0.39 is 0 Å². The van der Waals surface area contributed by atoms with Gasteiger partial charge in [0.2, 0.25) is 5.91 Å². The zero-order valence-corrected chi connectivity index (χ0v) is 20.1. The number of hydrogen-bond acceptors (Lipinski definition) is 3. The minimum absolute atomic E-state index is 0.169. The smallest absolute Gasteiger partial charge is 0.219 e. The van der Waals surface area contributed by atoms with Crippen LogP contribution in [0.15, 0.2) is 73.2 Å². The fraction of sp³-hybridized carbons (Fsp3) is 0.241. The summed E-state index contributed by atoms with van der Waals surface area (Å²) in [5.74, 6) is 0.169. The highest BCUT2D eigenvalue weighted by Crippen LogP contribution is 2.32. The van der Waals surface area contributed by atoms with Crippen LogP contribution in [-0.2, 0) is 11.3 Å². The molecule has 176 valence electrons. The molecule has 1 aliphatic heterocycles. The molecule has 0 bridgehead atoms. The minimum Gasteiger partial charge on any atom is -0.361 e. The third-order valence-corrected chi connectivity index (χ3v) is 7.20. The number of nitrogens with one attached hydrogen (secondary N) is 2. The number of H-pyrrole nitrogens is 2. The van der Waals surface area contributed by atoms with Gasteiger partial charge in [-0.25, -0.2) is 4.98 Å². The van der Waals surface area contributed by atoms with Crippen LogP contribution in [-0.4, -0.2) is 56.3 Å². The van der Waals surface area contributed by atoms with Crippen LogP contribution in [0.25, 0.3) is 44.2 Å². The molecule has 6 nitrogen and oxygen atoms in total. The number of aromatic amines is 2. The summed E-state index contributed by atoms with van der Waals surface area (Å²) in [6.07, 6.45) is 5.96. The van der Waals surface area contributed by atoms with E-state index in [0.717, 1.165) is 59.4 Å². The second-order valence-corrected chi connectivity index (χ2v) is 9.60. The van der Waals surface area contributed by atoms with Gasteiger partial charge in [0, 0.05) is 79.8 Å². The fourth-order valence-corrected chi connectivity index (χ4v) is 5.33. The first-order valence-corrected chi connectivity index (χ1v) is 12.2. The molecule has 1 aliphatic rings. The van der Waals surface area contributed by atoms with Crippen molar-refractivity contribution < 1.29 is 4.79 Å². The molecule has 0 spiro atoms. The van der Waals surface area contributed by atoms with E-state index in [1.54, 1.807) is 6.92 Å². The molecule has 1 unspecified atom stereocenters. The Morgan fingerprint density at radius 2 is 1.83 bits per heavy atom. The average Bonchev–Trinajstić information content (AvgIpc) is 3.50. The number of amides is 1. The third kappa shape index (κ3) is 4.10. The molecule has 2 aromatic carbocycles. The first kappa shape index (κ1) is 21.6. The summed E-state index contributed by atoms with van der Waals surface area (Å²) in [6, 6.07) is 19.9. The SMILES string of the molecule is CC(=O)N1CCN(Cc2ccc(-c3cnc4[nH]cc(-c5ccc6[nH]ccc6c5)c4c3)cc2)CC1C. The van der Waals surface area contributed by atoms with Gasteiger partial charge < -0.3 is 14.9 Å². The van der Waals surface area contributed by atoms with Gasteiger partial charge in [-0.3, -0.25) is 9.69 Å². The summed E-state index contributed by atoms with van der Waals surface area (Å²) >= 11 is 0. The molecule has 0 saturated carbocycles. The van der Waals surface area contributed by atoms with Crippen molar-refractivity contribution in [2.45, 2.75) is 26.4 Å². The third-order valence-electron chi connectivity index (χ3n) is 7.20. The maximum absolute atomic E-state index is 11.8. The first-order valence-electron chi connectivity index (χ1n) is 12.2. The van der Waals surface area contributed by atoms with Crippen LogP contribution >= 0.6 is 0 Å². The molecule has 1 amide bonds. The van der Waals surface area contributed by atoms with Crippen molar-refractivity contribution in [2.24, 2.45) is 0 Å². The second-order valence-electron chi connectivity index (χ2n) is 9.60. The lowest BCUT2D eigenvalue weighted by molar-refractivity contribution is -0.133. The van der Waals surface area contributed by atoms with E-state index in [-0.39, 0.29) is 11.9 Å². The van der Waals surface area contributed by atoms with Crippen LogP contribution < -0.4 is 0 Å². The zero-order chi connectivity index (χ0) is 23.9. The Hall–Kier alpha value is -3.90. The molecule has 2 N–H and O–H groups in total. The molecule has 4 heterocycles. The van der Waals surface area contributed by atoms with E-state index in [9.17, 15) is 4.79 Å². The lowest BCUT2D eigenvalue weighted by atomic mass is 10.0. The molecule has 35 heavy (non-hydrogen) atoms. The number of nitrogens with zero attached hydrogens (tertiary/aromatic N) is 3. The standard InChI is InChI=1S/C29H29N5O/c1-19-17-33(11-12-34(19)20(2)35)18-21-3-5-22(6-4-21)25-14-26-27(16-32-29(26)31-15-25)23-7-8-28-24(13-23)9-10-30-28/h3-10,13-16,19,30H,11-12,17-18H2,1-2H3,(H,31,32). The molecule has 3 aromatic heterocycles. The zero-order valence-electron chi connectivity index (χ0n) is 20.1. The van der Waals surface area contributed by atoms with Gasteiger partial charge in [0.15, 0.2) is 0 Å². The van der Waals surface area contributed by atoms with Gasteiger partial charge in [-0.2, -0.15) is 0 Å². The summed E-state index contributed by atoms with van der Waals surface area (Å²) in [7, 11) is 0. The molecule has 1 atom stereocenters. The molecular weight excluding hydrogens is 434 g/mol. The highest BCUT2D eigenvalue weighted by molar-refractivity contribution is 5.98. The van der Waals surface area contributed by atoms with Crippen LogP contribution in [0.4, 0.5) is 0 Å². The van der Waals surface area contributed by atoms with E-state index in [2.05, 4.69) is 76.4 Å². The second kappa shape index (κ2) is 8.71. The molecular formula is C29H29N5O. The maximum Gasteiger partial charge on any atom is 0.219 e. The molecule has 6 heteroatoms. The van der Waals surface area contributed by atoms with Gasteiger partial charge in [0.1, 0.15) is 5.65 Å². The number of aromatic nitrogens is 3. The summed E-state index contributed by atoms with van der Waals surface area (Å²) < 4.78 is 0. The summed E-state index contributed by atoms with van der Waals surface area (Å²) in [4.78, 5) is 27.4. The van der Waals surface area contributed by atoms with E-state index in [1.807, 2.05) is 23.5 Å². The molecule has 6 rings (SSSR count). The number of pyridine rings is 1. The van der Waals surface area contributed by atoms with Crippen molar-refractivity contribution in [3.63, 3.8) is 0 Å². The van der Waals surface area contributed by atoms with Gasteiger partial charge in [-0.05, 0) is 53.3 Å². The number of benzene rings is 2. The van der Waals surface area contributed by atoms with E-state index >= 15 is 0 Å². The topological polar surface area (TPSA) is 68.0 Å². The summed E-state index contributed by atoms with van der Waals surface area (Å²) in [5.41, 5.74) is 7.93. The Balaban J connectivity index is 1.23. The van der Waals surface area contributed by atoms with Crippen molar-refractivity contribution in [3.05, 3.63) is 78.8 Å². The normalized spacial score (nSPS) is 16.9. The Bertz CT molecular complexity index is 1510. The van der Waals surface area contributed by atoms with Crippen LogP contribution in [0.3, 0.4) is 0 Å². The van der Waals surface area contributed by atoms with Crippen molar-refractivity contribution >= 4 is 27.8 Å². The van der Waals surface area contributed by atoms with Gasteiger partial charge in [-0.1, -0.05) is 30.3 Å². The Labute approximate surface area is 204 Å². The molecule has 1 fully saturated rings. The van der Waals surface area contributed by atoms with Gasteiger partial charge >= 0.3 is 0 Å². The minimum atomic E-state index is 0.169. The van der Waals surface area contributed by atoms with Gasteiger partial charge in [0.05, 0.1) is 0 Å². The number of rotatable bonds is 4. The maximum atomic E-state index is 11.8. The predicted octanol–water partition coefficient (Wildman–Crippen LogP) is 5.43. The average molecular weight is 464 g/mol. The van der Waals surface area contributed by atoms with Crippen molar-refractivity contribution in [2.75, 3.05) is 19.6 Å². The molecule has 0 aliphatic carbocycles. The van der Waals surface area contributed by atoms with E-state index in [0.29, 0.717) is 0 Å². The lowest BCUT2D eigenvalue weighted by Crippen LogP contribution is -2.52. The molecule has 0 radical (unpaired) electrons. The summed E-state index contributed by atoms with van der Waals surface area (Å²) in [6.45, 7) is 7.32. The van der Waals surface area contributed by atoms with Gasteiger partial charge in [-0.15, -0.1) is 0 Å². The van der Waals surface area contributed by atoms with Crippen LogP contribution in [0, 0.1) is 0 Å². The highest BCUT2D eigenvalue weighted by atomic mass is 16.2. The first-order chi connectivity index (χ1) is 17.0. The van der Waals surface area contributed by atoms with Crippen LogP contribution in [0.1, 0.15) is 19.4 Å². The number of hydrogen-bond donors (Lipinski definition) is 2. The van der Waals surface area contributed by atoms with Crippen LogP contribution in [0.5, 0.6) is 0 Å². The summed E-state index contributed by atoms with van der Waals surface area (Å²) in [5, 5.41) is 2.33. The molecule has 1 saturated heterocycles. The Morgan fingerprint density at radius 3 is 2.63 bits per heavy atom. The highest BCUT2D eigenvalue weighted by Gasteiger charge is 2.25. The number of piperazine rings is 1. The van der Waals surface area contributed by atoms with Crippen molar-refractivity contribution in [1.29, 1.82) is 0 Å².